The van der Waals surface area contributed by atoms with Gasteiger partial charge in [-0.2, -0.15) is 0 Å². The molecule has 0 spiro atoms. The van der Waals surface area contributed by atoms with Gasteiger partial charge < -0.3 is 19.7 Å². The summed E-state index contributed by atoms with van der Waals surface area (Å²) in [5, 5.41) is 10.9. The first-order valence-electron chi connectivity index (χ1n) is 8.79. The van der Waals surface area contributed by atoms with Crippen molar-refractivity contribution in [3.8, 4) is 11.5 Å². The molecule has 27 heavy (non-hydrogen) atoms. The van der Waals surface area contributed by atoms with E-state index in [9.17, 15) is 9.59 Å². The van der Waals surface area contributed by atoms with Crippen LogP contribution < -0.4 is 14.8 Å². The molecule has 2 aliphatic rings. The number of carbonyl (C=O) groups excluding carboxylic acids is 2. The van der Waals surface area contributed by atoms with Gasteiger partial charge in [0, 0.05) is 44.7 Å². The number of benzene rings is 1. The number of aryl methyl sites for hydroxylation is 1. The monoisotopic (exact) mass is 373 g/mol. The minimum Gasteiger partial charge on any atom is -0.493 e. The van der Waals surface area contributed by atoms with E-state index >= 15 is 0 Å². The van der Waals surface area contributed by atoms with Gasteiger partial charge in [0.25, 0.3) is 5.91 Å². The number of carbonyl (C=O) groups is 2. The molecule has 2 amide bonds. The van der Waals surface area contributed by atoms with Crippen LogP contribution in [0, 0.1) is 0 Å². The molecule has 1 N–H and O–H groups in total. The average Bonchev–Trinajstić information content (AvgIpc) is 3.13. The number of likely N-dealkylation sites (N-methyl/N-ethyl adjacent to an activating group) is 1. The number of nitrogens with zero attached hydrogens (tertiary/aromatic N) is 4. The van der Waals surface area contributed by atoms with Gasteiger partial charge in [0.1, 0.15) is 6.61 Å². The van der Waals surface area contributed by atoms with Gasteiger partial charge in [-0.25, -0.2) is 4.68 Å². The molecule has 3 heterocycles. The third-order valence-corrected chi connectivity index (χ3v) is 4.30. The first-order valence-corrected chi connectivity index (χ1v) is 8.79. The second kappa shape index (κ2) is 8.52. The topological polar surface area (TPSA) is 98.6 Å². The van der Waals surface area contributed by atoms with E-state index < -0.39 is 0 Å². The van der Waals surface area contributed by atoms with Crippen molar-refractivity contribution in [1.29, 1.82) is 0 Å². The molecule has 0 aliphatic carbocycles. The fourth-order valence-electron chi connectivity index (χ4n) is 2.75. The van der Waals surface area contributed by atoms with Gasteiger partial charge in [-0.05, 0) is 18.2 Å². The van der Waals surface area contributed by atoms with Crippen LogP contribution >= 0.6 is 0 Å². The molecule has 0 saturated carbocycles. The largest absolute Gasteiger partial charge is 0.493 e. The standard InChI is InChI=1S/C18H23N5O4/c1-22-8-7-19-17(24)6-4-14-12-23(21-20-14)9-10-27-15-5-3-13(18(22)25)11-16(15)26-2/h3,5,11-12H,4,6-10H2,1-2H3,(H,19,24). The Bertz CT molecular complexity index is 820. The van der Waals surface area contributed by atoms with E-state index in [-0.39, 0.29) is 11.8 Å². The Kier molecular flexibility index (Phi) is 5.90. The highest BCUT2D eigenvalue weighted by Gasteiger charge is 2.16. The van der Waals surface area contributed by atoms with Crippen LogP contribution in [0.3, 0.4) is 0 Å². The van der Waals surface area contributed by atoms with Crippen molar-refractivity contribution in [3.05, 3.63) is 35.7 Å². The van der Waals surface area contributed by atoms with Crippen molar-refractivity contribution < 1.29 is 19.1 Å². The van der Waals surface area contributed by atoms with Gasteiger partial charge in [-0.15, -0.1) is 5.10 Å². The Morgan fingerprint density at radius 3 is 2.89 bits per heavy atom. The van der Waals surface area contributed by atoms with Crippen LogP contribution in [0.5, 0.6) is 11.5 Å². The summed E-state index contributed by atoms with van der Waals surface area (Å²) in [5.74, 6) is 0.816. The Labute approximate surface area is 157 Å². The number of methoxy groups -OCH3 is 1. The van der Waals surface area contributed by atoms with Gasteiger partial charge >= 0.3 is 0 Å². The second-order valence-corrected chi connectivity index (χ2v) is 6.26. The summed E-state index contributed by atoms with van der Waals surface area (Å²) >= 11 is 0. The number of ether oxygens (including phenoxy) is 2. The number of amides is 2. The van der Waals surface area contributed by atoms with Crippen molar-refractivity contribution in [1.82, 2.24) is 25.2 Å². The van der Waals surface area contributed by atoms with E-state index in [1.165, 1.54) is 7.11 Å². The van der Waals surface area contributed by atoms with E-state index in [1.54, 1.807) is 34.8 Å². The smallest absolute Gasteiger partial charge is 0.253 e. The minimum absolute atomic E-state index is 0.0825. The highest BCUT2D eigenvalue weighted by Crippen LogP contribution is 2.28. The number of fused-ring (bicyclic) bond motifs is 11. The SMILES string of the molecule is COc1cc2ccc1OCCn1cc(nn1)CCC(=O)NCCN(C)C2=O. The predicted octanol–water partition coefficient (Wildman–Crippen LogP) is 0.500. The highest BCUT2D eigenvalue weighted by atomic mass is 16.5. The van der Waals surface area contributed by atoms with Crippen molar-refractivity contribution in [2.45, 2.75) is 19.4 Å². The van der Waals surface area contributed by atoms with E-state index in [4.69, 9.17) is 9.47 Å². The van der Waals surface area contributed by atoms with Gasteiger partial charge in [0.2, 0.25) is 5.91 Å². The lowest BCUT2D eigenvalue weighted by Crippen LogP contribution is -2.36. The molecule has 0 atom stereocenters. The van der Waals surface area contributed by atoms with Crippen LogP contribution in [-0.4, -0.2) is 65.6 Å². The third kappa shape index (κ3) is 4.75. The number of nitrogens with one attached hydrogen (secondary N) is 1. The summed E-state index contributed by atoms with van der Waals surface area (Å²) < 4.78 is 12.8. The van der Waals surface area contributed by atoms with Crippen LogP contribution in [0.25, 0.3) is 0 Å². The van der Waals surface area contributed by atoms with Gasteiger partial charge in [0.15, 0.2) is 11.5 Å². The first-order chi connectivity index (χ1) is 13.1. The molecule has 0 unspecified atom stereocenters. The summed E-state index contributed by atoms with van der Waals surface area (Å²) in [7, 11) is 3.23. The van der Waals surface area contributed by atoms with E-state index in [0.29, 0.717) is 56.1 Å². The highest BCUT2D eigenvalue weighted by molar-refractivity contribution is 5.94. The Balaban J connectivity index is 1.81. The average molecular weight is 373 g/mol. The lowest BCUT2D eigenvalue weighted by Gasteiger charge is -2.19. The Hall–Kier alpha value is -3.10. The predicted molar refractivity (Wildman–Crippen MR) is 96.8 cm³/mol. The van der Waals surface area contributed by atoms with E-state index in [1.807, 2.05) is 6.20 Å². The van der Waals surface area contributed by atoms with Crippen LogP contribution in [0.15, 0.2) is 24.4 Å². The molecule has 0 radical (unpaired) electrons. The van der Waals surface area contributed by atoms with Crippen LogP contribution in [0.4, 0.5) is 0 Å². The molecule has 2 aromatic rings. The molecule has 1 aromatic heterocycles. The van der Waals surface area contributed by atoms with Crippen LogP contribution in [0.1, 0.15) is 22.5 Å². The zero-order valence-electron chi connectivity index (χ0n) is 15.5. The molecule has 4 rings (SSSR count). The molecule has 144 valence electrons. The summed E-state index contributed by atoms with van der Waals surface area (Å²) in [6.07, 6.45) is 2.65. The minimum atomic E-state index is -0.151. The summed E-state index contributed by atoms with van der Waals surface area (Å²) in [6.45, 7) is 1.66. The van der Waals surface area contributed by atoms with Gasteiger partial charge in [0.05, 0.1) is 19.3 Å². The molecule has 9 nitrogen and oxygen atoms in total. The maximum absolute atomic E-state index is 12.6. The molecule has 0 saturated heterocycles. The fourth-order valence-corrected chi connectivity index (χ4v) is 2.75. The maximum atomic E-state index is 12.6. The Morgan fingerprint density at radius 1 is 1.22 bits per heavy atom. The lowest BCUT2D eigenvalue weighted by molar-refractivity contribution is -0.121. The molecular formula is C18H23N5O4. The van der Waals surface area contributed by atoms with Crippen LogP contribution in [-0.2, 0) is 17.8 Å². The van der Waals surface area contributed by atoms with Crippen LogP contribution in [0.2, 0.25) is 0 Å². The second-order valence-electron chi connectivity index (χ2n) is 6.26. The number of aromatic nitrogens is 3. The summed E-state index contributed by atoms with van der Waals surface area (Å²) in [6, 6.07) is 5.08. The first kappa shape index (κ1) is 18.7. The number of rotatable bonds is 1. The molecule has 0 fully saturated rings. The van der Waals surface area contributed by atoms with Gasteiger partial charge in [-0.1, -0.05) is 5.21 Å². The van der Waals surface area contributed by atoms with Crippen molar-refractivity contribution in [2.24, 2.45) is 0 Å². The van der Waals surface area contributed by atoms with E-state index in [2.05, 4.69) is 15.6 Å². The molecule has 9 heteroatoms. The molecule has 1 aromatic carbocycles. The van der Waals surface area contributed by atoms with Crippen molar-refractivity contribution >= 4 is 11.8 Å². The molecular weight excluding hydrogens is 350 g/mol. The van der Waals surface area contributed by atoms with Crippen molar-refractivity contribution in [2.75, 3.05) is 33.9 Å². The molecule has 2 aliphatic heterocycles. The normalized spacial score (nSPS) is 16.3. The van der Waals surface area contributed by atoms with E-state index in [0.717, 1.165) is 5.69 Å². The number of hydrogen-bond acceptors (Lipinski definition) is 6. The summed E-state index contributed by atoms with van der Waals surface area (Å²) in [5.41, 5.74) is 1.25. The zero-order valence-corrected chi connectivity index (χ0v) is 15.5. The Morgan fingerprint density at radius 2 is 2.07 bits per heavy atom. The fraction of sp³-hybridized carbons (Fsp3) is 0.444. The zero-order chi connectivity index (χ0) is 19.2. The molecule has 4 bridgehead atoms. The maximum Gasteiger partial charge on any atom is 0.253 e. The van der Waals surface area contributed by atoms with Crippen molar-refractivity contribution in [3.63, 3.8) is 0 Å². The third-order valence-electron chi connectivity index (χ3n) is 4.30. The van der Waals surface area contributed by atoms with Gasteiger partial charge in [-0.3, -0.25) is 9.59 Å². The quantitative estimate of drug-likeness (QED) is 0.782. The number of hydrogen-bond donors (Lipinski definition) is 1. The lowest BCUT2D eigenvalue weighted by atomic mass is 10.1. The summed E-state index contributed by atoms with van der Waals surface area (Å²) in [4.78, 5) is 26.1.